The maximum atomic E-state index is 12.5. The van der Waals surface area contributed by atoms with Crippen molar-refractivity contribution in [3.05, 3.63) is 0 Å². The maximum Gasteiger partial charge on any atom is 0.239 e. The molecule has 0 aromatic rings. The van der Waals surface area contributed by atoms with Gasteiger partial charge in [-0.15, -0.1) is 0 Å². The van der Waals surface area contributed by atoms with Gasteiger partial charge in [0.05, 0.1) is 12.0 Å². The lowest BCUT2D eigenvalue weighted by atomic mass is 10.1. The average molecular weight is 308 g/mol. The van der Waals surface area contributed by atoms with Crippen molar-refractivity contribution >= 4 is 11.8 Å². The predicted octanol–water partition coefficient (Wildman–Crippen LogP) is -0.249. The molecule has 2 amide bonds. The molecular weight excluding hydrogens is 280 g/mol. The fourth-order valence-electron chi connectivity index (χ4n) is 3.81. The van der Waals surface area contributed by atoms with Crippen LogP contribution in [0.3, 0.4) is 0 Å². The summed E-state index contributed by atoms with van der Waals surface area (Å²) in [6, 6.07) is -0.0523. The van der Waals surface area contributed by atoms with Gasteiger partial charge < -0.3 is 15.1 Å². The summed E-state index contributed by atoms with van der Waals surface area (Å²) in [4.78, 5) is 31.1. The van der Waals surface area contributed by atoms with E-state index >= 15 is 0 Å². The first kappa shape index (κ1) is 15.7. The molecule has 3 aliphatic rings. The Morgan fingerprint density at radius 2 is 1.68 bits per heavy atom. The number of amides is 2. The molecule has 0 aromatic heterocycles. The average Bonchev–Trinajstić information content (AvgIpc) is 3.26. The first-order chi connectivity index (χ1) is 10.7. The number of hydrogen-bond acceptors (Lipinski definition) is 4. The third-order valence-corrected chi connectivity index (χ3v) is 5.36. The van der Waals surface area contributed by atoms with Gasteiger partial charge in [-0.05, 0) is 32.7 Å². The minimum absolute atomic E-state index is 0.0523. The second-order valence-corrected chi connectivity index (χ2v) is 6.76. The van der Waals surface area contributed by atoms with Crippen molar-refractivity contribution < 1.29 is 9.59 Å². The molecule has 22 heavy (non-hydrogen) atoms. The molecule has 0 saturated carbocycles. The van der Waals surface area contributed by atoms with Crippen LogP contribution in [-0.4, -0.2) is 84.9 Å². The van der Waals surface area contributed by atoms with E-state index in [9.17, 15) is 9.59 Å². The van der Waals surface area contributed by atoms with Crippen molar-refractivity contribution in [3.8, 4) is 0 Å². The zero-order valence-electron chi connectivity index (χ0n) is 13.6. The normalized spacial score (nSPS) is 28.1. The number of hydrogen-bond donors (Lipinski definition) is 1. The van der Waals surface area contributed by atoms with Crippen LogP contribution in [-0.2, 0) is 9.59 Å². The number of rotatable bonds is 3. The van der Waals surface area contributed by atoms with E-state index in [1.54, 1.807) is 0 Å². The Kier molecular flexibility index (Phi) is 4.98. The van der Waals surface area contributed by atoms with Gasteiger partial charge in [0.25, 0.3) is 0 Å². The molecule has 3 saturated heterocycles. The molecular formula is C16H28N4O2. The molecule has 0 aromatic carbocycles. The van der Waals surface area contributed by atoms with Crippen molar-refractivity contribution in [2.75, 3.05) is 52.4 Å². The minimum atomic E-state index is -0.0523. The molecule has 2 unspecified atom stereocenters. The smallest absolute Gasteiger partial charge is 0.239 e. The first-order valence-electron chi connectivity index (χ1n) is 8.69. The third-order valence-electron chi connectivity index (χ3n) is 5.36. The second kappa shape index (κ2) is 6.96. The Bertz CT molecular complexity index is 408. The van der Waals surface area contributed by atoms with E-state index in [0.717, 1.165) is 71.6 Å². The lowest BCUT2D eigenvalue weighted by Crippen LogP contribution is -2.56. The quantitative estimate of drug-likeness (QED) is 0.781. The first-order valence-corrected chi connectivity index (χ1v) is 8.69. The van der Waals surface area contributed by atoms with Crippen LogP contribution in [0.25, 0.3) is 0 Å². The summed E-state index contributed by atoms with van der Waals surface area (Å²) >= 11 is 0. The van der Waals surface area contributed by atoms with E-state index < -0.39 is 0 Å². The van der Waals surface area contributed by atoms with Crippen LogP contribution in [0.1, 0.15) is 26.2 Å². The van der Waals surface area contributed by atoms with Crippen LogP contribution in [0, 0.1) is 5.92 Å². The van der Waals surface area contributed by atoms with Crippen molar-refractivity contribution in [2.45, 2.75) is 32.2 Å². The van der Waals surface area contributed by atoms with Crippen LogP contribution >= 0.6 is 0 Å². The number of nitrogens with zero attached hydrogens (tertiary/aromatic N) is 3. The maximum absolute atomic E-state index is 12.5. The van der Waals surface area contributed by atoms with Crippen molar-refractivity contribution in [1.82, 2.24) is 20.0 Å². The number of nitrogens with one attached hydrogen (secondary N) is 1. The van der Waals surface area contributed by atoms with E-state index in [1.165, 1.54) is 0 Å². The summed E-state index contributed by atoms with van der Waals surface area (Å²) in [7, 11) is 0. The molecule has 1 N–H and O–H groups in total. The summed E-state index contributed by atoms with van der Waals surface area (Å²) < 4.78 is 0. The number of carbonyl (C=O) groups excluding carboxylic acids is 2. The summed E-state index contributed by atoms with van der Waals surface area (Å²) in [6.07, 6.45) is 3.23. The lowest BCUT2D eigenvalue weighted by molar-refractivity contribution is -0.139. The van der Waals surface area contributed by atoms with Gasteiger partial charge >= 0.3 is 0 Å². The van der Waals surface area contributed by atoms with E-state index in [0.29, 0.717) is 5.91 Å². The highest BCUT2D eigenvalue weighted by Gasteiger charge is 2.33. The highest BCUT2D eigenvalue weighted by Crippen LogP contribution is 2.16. The molecule has 124 valence electrons. The van der Waals surface area contributed by atoms with Gasteiger partial charge in [0.2, 0.25) is 11.8 Å². The Labute approximate surface area is 132 Å². The zero-order valence-corrected chi connectivity index (χ0v) is 13.6. The number of likely N-dealkylation sites (tertiary alicyclic amines) is 1. The zero-order chi connectivity index (χ0) is 15.5. The number of carbonyl (C=O) groups is 2. The molecule has 3 aliphatic heterocycles. The van der Waals surface area contributed by atoms with Crippen LogP contribution < -0.4 is 5.32 Å². The summed E-state index contributed by atoms with van der Waals surface area (Å²) in [5.41, 5.74) is 0. The van der Waals surface area contributed by atoms with Gasteiger partial charge in [-0.1, -0.05) is 0 Å². The fourth-order valence-corrected chi connectivity index (χ4v) is 3.81. The molecule has 3 fully saturated rings. The third kappa shape index (κ3) is 3.27. The lowest BCUT2D eigenvalue weighted by Gasteiger charge is -2.39. The minimum Gasteiger partial charge on any atom is -0.341 e. The van der Waals surface area contributed by atoms with Crippen LogP contribution in [0.4, 0.5) is 0 Å². The highest BCUT2D eigenvalue weighted by atomic mass is 16.2. The monoisotopic (exact) mass is 308 g/mol. The van der Waals surface area contributed by atoms with Gasteiger partial charge in [-0.2, -0.15) is 0 Å². The number of piperazine rings is 1. The van der Waals surface area contributed by atoms with Crippen LogP contribution in [0.15, 0.2) is 0 Å². The molecule has 2 atom stereocenters. The van der Waals surface area contributed by atoms with Crippen molar-refractivity contribution in [1.29, 1.82) is 0 Å². The van der Waals surface area contributed by atoms with E-state index in [1.807, 2.05) is 16.7 Å². The molecule has 0 bridgehead atoms. The molecule has 6 nitrogen and oxygen atoms in total. The van der Waals surface area contributed by atoms with E-state index in [2.05, 4.69) is 10.2 Å². The molecule has 6 heteroatoms. The van der Waals surface area contributed by atoms with Gasteiger partial charge in [0.15, 0.2) is 0 Å². The van der Waals surface area contributed by atoms with E-state index in [-0.39, 0.29) is 17.9 Å². The molecule has 0 aliphatic carbocycles. The molecule has 0 radical (unpaired) electrons. The Hall–Kier alpha value is -1.14. The van der Waals surface area contributed by atoms with Gasteiger partial charge in [0, 0.05) is 45.8 Å². The summed E-state index contributed by atoms with van der Waals surface area (Å²) in [6.45, 7) is 8.76. The Balaban J connectivity index is 1.48. The second-order valence-electron chi connectivity index (χ2n) is 6.76. The highest BCUT2D eigenvalue weighted by molar-refractivity contribution is 5.82. The molecule has 3 rings (SSSR count). The Morgan fingerprint density at radius 3 is 2.27 bits per heavy atom. The van der Waals surface area contributed by atoms with Crippen LogP contribution in [0.5, 0.6) is 0 Å². The SMILES string of the molecule is CC(C(=O)N1CCCC1)N1CCN(C(=O)C2CCNC2)CC1. The summed E-state index contributed by atoms with van der Waals surface area (Å²) in [5.74, 6) is 0.718. The van der Waals surface area contributed by atoms with Crippen LogP contribution in [0.2, 0.25) is 0 Å². The predicted molar refractivity (Wildman–Crippen MR) is 84.4 cm³/mol. The topological polar surface area (TPSA) is 55.9 Å². The molecule has 0 spiro atoms. The summed E-state index contributed by atoms with van der Waals surface area (Å²) in [5, 5.41) is 3.26. The standard InChI is InChI=1S/C16H28N4O2/c1-13(15(21)19-6-2-3-7-19)18-8-10-20(11-9-18)16(22)14-4-5-17-12-14/h13-14,17H,2-12H2,1H3. The largest absolute Gasteiger partial charge is 0.341 e. The van der Waals surface area contributed by atoms with Crippen molar-refractivity contribution in [3.63, 3.8) is 0 Å². The van der Waals surface area contributed by atoms with E-state index in [4.69, 9.17) is 0 Å². The van der Waals surface area contributed by atoms with Gasteiger partial charge in [-0.3, -0.25) is 14.5 Å². The van der Waals surface area contributed by atoms with Gasteiger partial charge in [0.1, 0.15) is 0 Å². The Morgan fingerprint density at radius 1 is 1.00 bits per heavy atom. The van der Waals surface area contributed by atoms with Crippen molar-refractivity contribution in [2.24, 2.45) is 5.92 Å². The fraction of sp³-hybridized carbons (Fsp3) is 0.875. The van der Waals surface area contributed by atoms with Gasteiger partial charge in [-0.25, -0.2) is 0 Å². The molecule has 3 heterocycles.